The summed E-state index contributed by atoms with van der Waals surface area (Å²) in [5.74, 6) is 0.102. The highest BCUT2D eigenvalue weighted by molar-refractivity contribution is 9.10. The minimum Gasteiger partial charge on any atom is -0.335 e. The fourth-order valence-corrected chi connectivity index (χ4v) is 4.40. The maximum absolute atomic E-state index is 12.9. The van der Waals surface area contributed by atoms with Crippen LogP contribution in [0.5, 0.6) is 0 Å². The molecule has 3 rings (SSSR count). The Bertz CT molecular complexity index is 1090. The van der Waals surface area contributed by atoms with Crippen LogP contribution in [0.25, 0.3) is 10.7 Å². The van der Waals surface area contributed by atoms with Crippen LogP contribution in [-0.2, 0) is 9.59 Å². The molecule has 2 N–H and O–H groups in total. The topological polar surface area (TPSA) is 83.0 Å². The summed E-state index contributed by atoms with van der Waals surface area (Å²) in [6, 6.07) is 8.81. The number of thiophene rings is 1. The van der Waals surface area contributed by atoms with Crippen LogP contribution in [0.4, 0.5) is 5.69 Å². The molecular formula is C19H20BrN5O2S2. The maximum atomic E-state index is 12.9. The molecule has 1 atom stereocenters. The largest absolute Gasteiger partial charge is 0.335 e. The van der Waals surface area contributed by atoms with Gasteiger partial charge in [-0.05, 0) is 61.3 Å². The summed E-state index contributed by atoms with van der Waals surface area (Å²) in [4.78, 5) is 27.7. The summed E-state index contributed by atoms with van der Waals surface area (Å²) in [7, 11) is 1.60. The van der Waals surface area contributed by atoms with E-state index < -0.39 is 6.04 Å². The van der Waals surface area contributed by atoms with E-state index in [1.807, 2.05) is 42.6 Å². The van der Waals surface area contributed by atoms with Crippen LogP contribution >= 0.6 is 39.5 Å². The van der Waals surface area contributed by atoms with Gasteiger partial charge in [0.2, 0.25) is 11.8 Å². The molecule has 0 bridgehead atoms. The van der Waals surface area contributed by atoms with Gasteiger partial charge in [-0.2, -0.15) is 5.10 Å². The highest BCUT2D eigenvalue weighted by Crippen LogP contribution is 2.26. The number of hydrogen-bond donors (Lipinski definition) is 2. The smallest absolute Gasteiger partial charge is 0.245 e. The lowest BCUT2D eigenvalue weighted by Crippen LogP contribution is -2.38. The molecule has 3 aromatic rings. The van der Waals surface area contributed by atoms with Crippen LogP contribution in [0.3, 0.4) is 0 Å². The molecule has 0 spiro atoms. The zero-order chi connectivity index (χ0) is 21.1. The van der Waals surface area contributed by atoms with E-state index in [-0.39, 0.29) is 18.4 Å². The minimum atomic E-state index is -0.606. The summed E-state index contributed by atoms with van der Waals surface area (Å²) < 4.78 is 2.97. The van der Waals surface area contributed by atoms with Gasteiger partial charge in [0.25, 0.3) is 0 Å². The quantitative estimate of drug-likeness (QED) is 0.498. The first-order valence-electron chi connectivity index (χ1n) is 8.79. The van der Waals surface area contributed by atoms with Crippen molar-refractivity contribution in [3.8, 4) is 10.7 Å². The fourth-order valence-electron chi connectivity index (χ4n) is 2.92. The average molecular weight is 494 g/mol. The van der Waals surface area contributed by atoms with E-state index in [1.54, 1.807) is 18.5 Å². The number of nitrogens with zero attached hydrogens (tertiary/aromatic N) is 3. The Kier molecular flexibility index (Phi) is 6.66. The van der Waals surface area contributed by atoms with E-state index in [0.29, 0.717) is 16.3 Å². The zero-order valence-corrected chi connectivity index (χ0v) is 19.3. The molecule has 0 aliphatic rings. The second-order valence-corrected chi connectivity index (χ2v) is 8.83. The molecular weight excluding hydrogens is 474 g/mol. The lowest BCUT2D eigenvalue weighted by atomic mass is 10.2. The van der Waals surface area contributed by atoms with Gasteiger partial charge in [0.15, 0.2) is 10.6 Å². The van der Waals surface area contributed by atoms with Crippen molar-refractivity contribution >= 4 is 57.0 Å². The van der Waals surface area contributed by atoms with Crippen molar-refractivity contribution in [3.05, 3.63) is 50.5 Å². The monoisotopic (exact) mass is 493 g/mol. The second kappa shape index (κ2) is 9.02. The standard InChI is InChI=1S/C19H20BrN5O2S2/c1-11-9-13(20)6-7-14(11)21-16(26)10-24(3)18(27)12(2)25-17(22-23-19(25)28)15-5-4-8-29-15/h4-9,12H,10H2,1-3H3,(H,21,26)(H,23,28). The number of benzene rings is 1. The Labute approximate surface area is 185 Å². The third kappa shape index (κ3) is 4.82. The normalized spacial score (nSPS) is 11.9. The van der Waals surface area contributed by atoms with Crippen molar-refractivity contribution in [2.75, 3.05) is 18.9 Å². The molecule has 0 radical (unpaired) electrons. The number of carbonyl (C=O) groups is 2. The van der Waals surface area contributed by atoms with E-state index in [1.165, 1.54) is 16.2 Å². The fraction of sp³-hybridized carbons (Fsp3) is 0.263. The van der Waals surface area contributed by atoms with E-state index in [9.17, 15) is 9.59 Å². The Hall–Kier alpha value is -2.30. The van der Waals surface area contributed by atoms with Crippen molar-refractivity contribution in [1.29, 1.82) is 0 Å². The number of aryl methyl sites for hydroxylation is 1. The first kappa shape index (κ1) is 21.4. The van der Waals surface area contributed by atoms with Crippen LogP contribution < -0.4 is 5.32 Å². The van der Waals surface area contributed by atoms with Gasteiger partial charge in [-0.3, -0.25) is 19.3 Å². The Balaban J connectivity index is 1.71. The van der Waals surface area contributed by atoms with Crippen LogP contribution in [-0.4, -0.2) is 45.1 Å². The van der Waals surface area contributed by atoms with Gasteiger partial charge >= 0.3 is 0 Å². The van der Waals surface area contributed by atoms with E-state index in [2.05, 4.69) is 31.4 Å². The molecule has 0 aliphatic heterocycles. The van der Waals surface area contributed by atoms with Crippen molar-refractivity contribution in [2.24, 2.45) is 0 Å². The van der Waals surface area contributed by atoms with Gasteiger partial charge in [0.05, 0.1) is 11.4 Å². The summed E-state index contributed by atoms with van der Waals surface area (Å²) in [6.07, 6.45) is 0. The average Bonchev–Trinajstić information content (AvgIpc) is 3.32. The number of H-pyrrole nitrogens is 1. The lowest BCUT2D eigenvalue weighted by Gasteiger charge is -2.22. The highest BCUT2D eigenvalue weighted by atomic mass is 79.9. The lowest BCUT2D eigenvalue weighted by molar-refractivity contribution is -0.135. The third-order valence-electron chi connectivity index (χ3n) is 4.41. The molecule has 10 heteroatoms. The zero-order valence-electron chi connectivity index (χ0n) is 16.1. The number of aromatic nitrogens is 3. The van der Waals surface area contributed by atoms with Gasteiger partial charge in [-0.15, -0.1) is 11.3 Å². The molecule has 2 heterocycles. The van der Waals surface area contributed by atoms with Crippen LogP contribution in [0.15, 0.2) is 40.2 Å². The Morgan fingerprint density at radius 3 is 2.83 bits per heavy atom. The van der Waals surface area contributed by atoms with Crippen molar-refractivity contribution in [2.45, 2.75) is 19.9 Å². The molecule has 0 saturated heterocycles. The number of nitrogens with one attached hydrogen (secondary N) is 2. The van der Waals surface area contributed by atoms with Crippen molar-refractivity contribution < 1.29 is 9.59 Å². The number of halogens is 1. The van der Waals surface area contributed by atoms with Gasteiger partial charge < -0.3 is 10.2 Å². The summed E-state index contributed by atoms with van der Waals surface area (Å²) in [5.41, 5.74) is 1.64. The van der Waals surface area contributed by atoms with Gasteiger partial charge in [0, 0.05) is 17.2 Å². The molecule has 152 valence electrons. The number of aromatic amines is 1. The number of likely N-dealkylation sites (N-methyl/N-ethyl adjacent to an activating group) is 1. The number of hydrogen-bond acceptors (Lipinski definition) is 5. The molecule has 2 aromatic heterocycles. The predicted molar refractivity (Wildman–Crippen MR) is 121 cm³/mol. The predicted octanol–water partition coefficient (Wildman–Crippen LogP) is 4.40. The van der Waals surface area contributed by atoms with Crippen molar-refractivity contribution in [3.63, 3.8) is 0 Å². The summed E-state index contributed by atoms with van der Waals surface area (Å²) in [5, 5.41) is 11.8. The molecule has 0 fully saturated rings. The first-order chi connectivity index (χ1) is 13.8. The van der Waals surface area contributed by atoms with Crippen LogP contribution in [0.2, 0.25) is 0 Å². The number of carbonyl (C=O) groups excluding carboxylic acids is 2. The van der Waals surface area contributed by atoms with Gasteiger partial charge in [0.1, 0.15) is 6.04 Å². The van der Waals surface area contributed by atoms with Gasteiger partial charge in [-0.25, -0.2) is 0 Å². The molecule has 0 saturated carbocycles. The second-order valence-electron chi connectivity index (χ2n) is 6.58. The van der Waals surface area contributed by atoms with Crippen LogP contribution in [0.1, 0.15) is 18.5 Å². The molecule has 7 nitrogen and oxygen atoms in total. The van der Waals surface area contributed by atoms with E-state index >= 15 is 0 Å². The van der Waals surface area contributed by atoms with E-state index in [4.69, 9.17) is 12.2 Å². The van der Waals surface area contributed by atoms with Gasteiger partial charge in [-0.1, -0.05) is 22.0 Å². The Morgan fingerprint density at radius 2 is 2.17 bits per heavy atom. The number of anilines is 1. The van der Waals surface area contributed by atoms with Crippen LogP contribution in [0, 0.1) is 11.7 Å². The number of rotatable bonds is 6. The molecule has 2 amide bonds. The molecule has 0 aliphatic carbocycles. The van der Waals surface area contributed by atoms with Crippen molar-refractivity contribution in [1.82, 2.24) is 19.7 Å². The first-order valence-corrected chi connectivity index (χ1v) is 10.9. The summed E-state index contributed by atoms with van der Waals surface area (Å²) in [6.45, 7) is 3.58. The third-order valence-corrected chi connectivity index (χ3v) is 6.06. The summed E-state index contributed by atoms with van der Waals surface area (Å²) >= 11 is 10.2. The van der Waals surface area contributed by atoms with E-state index in [0.717, 1.165) is 14.9 Å². The minimum absolute atomic E-state index is 0.0712. The molecule has 1 aromatic carbocycles. The number of amides is 2. The molecule has 1 unspecified atom stereocenters. The Morgan fingerprint density at radius 1 is 1.41 bits per heavy atom. The maximum Gasteiger partial charge on any atom is 0.245 e. The molecule has 29 heavy (non-hydrogen) atoms. The SMILES string of the molecule is Cc1cc(Br)ccc1NC(=O)CN(C)C(=O)C(C)n1c(-c2cccs2)n[nH]c1=S. The highest BCUT2D eigenvalue weighted by Gasteiger charge is 2.25.